The second-order valence-corrected chi connectivity index (χ2v) is 8.47. The predicted molar refractivity (Wildman–Crippen MR) is 78.6 cm³/mol. The number of carbonyl (C=O) groups is 1. The summed E-state index contributed by atoms with van der Waals surface area (Å²) >= 11 is 1.30. The zero-order valence-corrected chi connectivity index (χ0v) is 12.8. The normalized spacial score (nSPS) is 24.4. The SMILES string of the molecule is CC1(NC(=O)CSc2cccc(O)c2)CCS(=O)(=O)C1. The van der Waals surface area contributed by atoms with E-state index in [0.29, 0.717) is 6.42 Å². The molecule has 0 radical (unpaired) electrons. The third-order valence-corrected chi connectivity index (χ3v) is 6.03. The van der Waals surface area contributed by atoms with Crippen LogP contribution in [0.5, 0.6) is 5.75 Å². The molecule has 0 spiro atoms. The van der Waals surface area contributed by atoms with Crippen LogP contribution in [0.4, 0.5) is 0 Å². The minimum atomic E-state index is -3.03. The van der Waals surface area contributed by atoms with E-state index in [1.807, 2.05) is 0 Å². The highest BCUT2D eigenvalue weighted by atomic mass is 32.2. The van der Waals surface area contributed by atoms with E-state index >= 15 is 0 Å². The van der Waals surface area contributed by atoms with E-state index in [-0.39, 0.29) is 28.9 Å². The van der Waals surface area contributed by atoms with Crippen LogP contribution in [0.1, 0.15) is 13.3 Å². The molecule has 1 unspecified atom stereocenters. The number of thioether (sulfide) groups is 1. The summed E-state index contributed by atoms with van der Waals surface area (Å²) in [5, 5.41) is 12.1. The minimum absolute atomic E-state index is 0.00251. The Bertz CT molecular complexity index is 615. The molecule has 2 rings (SSSR count). The van der Waals surface area contributed by atoms with Crippen LogP contribution in [0, 0.1) is 0 Å². The van der Waals surface area contributed by atoms with Gasteiger partial charge in [-0.3, -0.25) is 4.79 Å². The zero-order chi connectivity index (χ0) is 14.8. The third-order valence-electron chi connectivity index (χ3n) is 3.13. The van der Waals surface area contributed by atoms with Crippen LogP contribution in [0.15, 0.2) is 29.2 Å². The van der Waals surface area contributed by atoms with Crippen LogP contribution >= 0.6 is 11.8 Å². The number of amides is 1. The molecule has 1 aliphatic heterocycles. The van der Waals surface area contributed by atoms with E-state index in [2.05, 4.69) is 5.32 Å². The molecular formula is C13H17NO4S2. The number of aromatic hydroxyl groups is 1. The van der Waals surface area contributed by atoms with E-state index in [0.717, 1.165) is 4.90 Å². The minimum Gasteiger partial charge on any atom is -0.508 e. The Labute approximate surface area is 122 Å². The molecule has 0 bridgehead atoms. The van der Waals surface area contributed by atoms with Crippen molar-refractivity contribution < 1.29 is 18.3 Å². The fourth-order valence-corrected chi connectivity index (χ4v) is 5.05. The summed E-state index contributed by atoms with van der Waals surface area (Å²) in [6.45, 7) is 1.76. The van der Waals surface area contributed by atoms with Crippen molar-refractivity contribution in [2.75, 3.05) is 17.3 Å². The second kappa shape index (κ2) is 5.65. The van der Waals surface area contributed by atoms with Crippen molar-refractivity contribution in [3.63, 3.8) is 0 Å². The predicted octanol–water partition coefficient (Wildman–Crippen LogP) is 1.18. The molecule has 1 saturated heterocycles. The first-order chi connectivity index (χ1) is 9.28. The van der Waals surface area contributed by atoms with Crippen molar-refractivity contribution in [2.45, 2.75) is 23.8 Å². The Kier molecular flexibility index (Phi) is 4.29. The van der Waals surface area contributed by atoms with Gasteiger partial charge in [0, 0.05) is 4.90 Å². The number of nitrogens with one attached hydrogen (secondary N) is 1. The van der Waals surface area contributed by atoms with Crippen molar-refractivity contribution >= 4 is 27.5 Å². The Morgan fingerprint density at radius 1 is 1.50 bits per heavy atom. The second-order valence-electron chi connectivity index (χ2n) is 5.24. The Hall–Kier alpha value is -1.21. The fraction of sp³-hybridized carbons (Fsp3) is 0.462. The van der Waals surface area contributed by atoms with E-state index in [9.17, 15) is 18.3 Å². The molecule has 20 heavy (non-hydrogen) atoms. The first-order valence-corrected chi connectivity index (χ1v) is 9.02. The molecule has 1 heterocycles. The summed E-state index contributed by atoms with van der Waals surface area (Å²) < 4.78 is 22.9. The number of carbonyl (C=O) groups excluding carboxylic acids is 1. The zero-order valence-electron chi connectivity index (χ0n) is 11.1. The van der Waals surface area contributed by atoms with Gasteiger partial charge in [-0.25, -0.2) is 8.42 Å². The smallest absolute Gasteiger partial charge is 0.230 e. The van der Waals surface area contributed by atoms with Gasteiger partial charge in [0.1, 0.15) is 5.75 Å². The van der Waals surface area contributed by atoms with Gasteiger partial charge in [-0.2, -0.15) is 0 Å². The average Bonchev–Trinajstić information content (AvgIpc) is 2.61. The highest BCUT2D eigenvalue weighted by Gasteiger charge is 2.39. The molecule has 2 N–H and O–H groups in total. The van der Waals surface area contributed by atoms with Gasteiger partial charge in [0.15, 0.2) is 9.84 Å². The number of rotatable bonds is 4. The molecule has 1 aromatic rings. The monoisotopic (exact) mass is 315 g/mol. The van der Waals surface area contributed by atoms with Crippen molar-refractivity contribution in [3.05, 3.63) is 24.3 Å². The number of hydrogen-bond donors (Lipinski definition) is 2. The standard InChI is InChI=1S/C13H17NO4S2/c1-13(5-6-20(17,18)9-13)14-12(16)8-19-11-4-2-3-10(15)7-11/h2-4,7,15H,5-6,8-9H2,1H3,(H,14,16). The summed E-state index contributed by atoms with van der Waals surface area (Å²) in [5.74, 6) is 0.285. The fourth-order valence-electron chi connectivity index (χ4n) is 2.20. The lowest BCUT2D eigenvalue weighted by Gasteiger charge is -2.23. The first-order valence-electron chi connectivity index (χ1n) is 6.21. The Morgan fingerprint density at radius 3 is 2.85 bits per heavy atom. The molecule has 0 aliphatic carbocycles. The largest absolute Gasteiger partial charge is 0.508 e. The van der Waals surface area contributed by atoms with Crippen molar-refractivity contribution in [1.29, 1.82) is 0 Å². The molecule has 7 heteroatoms. The van der Waals surface area contributed by atoms with Gasteiger partial charge in [0.2, 0.25) is 5.91 Å². The third kappa shape index (κ3) is 4.14. The van der Waals surface area contributed by atoms with E-state index in [1.54, 1.807) is 31.2 Å². The Balaban J connectivity index is 1.87. The highest BCUT2D eigenvalue weighted by Crippen LogP contribution is 2.24. The van der Waals surface area contributed by atoms with Crippen LogP contribution in [-0.2, 0) is 14.6 Å². The van der Waals surface area contributed by atoms with Gasteiger partial charge in [-0.05, 0) is 31.5 Å². The van der Waals surface area contributed by atoms with E-state index in [4.69, 9.17) is 0 Å². The van der Waals surface area contributed by atoms with Crippen LogP contribution in [0.25, 0.3) is 0 Å². The molecule has 1 aromatic carbocycles. The lowest BCUT2D eigenvalue weighted by Crippen LogP contribution is -2.47. The highest BCUT2D eigenvalue weighted by molar-refractivity contribution is 8.00. The van der Waals surface area contributed by atoms with Gasteiger partial charge in [-0.1, -0.05) is 6.07 Å². The number of hydrogen-bond acceptors (Lipinski definition) is 5. The molecule has 5 nitrogen and oxygen atoms in total. The summed E-state index contributed by atoms with van der Waals surface area (Å²) in [4.78, 5) is 12.7. The molecule has 1 fully saturated rings. The first kappa shape index (κ1) is 15.2. The number of benzene rings is 1. The van der Waals surface area contributed by atoms with E-state index < -0.39 is 15.4 Å². The number of phenols is 1. The summed E-state index contributed by atoms with van der Waals surface area (Å²) in [6, 6.07) is 6.66. The molecular weight excluding hydrogens is 298 g/mol. The molecule has 1 aliphatic rings. The molecule has 0 saturated carbocycles. The quantitative estimate of drug-likeness (QED) is 0.815. The van der Waals surface area contributed by atoms with Crippen LogP contribution in [0.3, 0.4) is 0 Å². The maximum absolute atomic E-state index is 11.9. The van der Waals surface area contributed by atoms with Crippen LogP contribution in [0.2, 0.25) is 0 Å². The maximum Gasteiger partial charge on any atom is 0.230 e. The van der Waals surface area contributed by atoms with Gasteiger partial charge in [0.25, 0.3) is 0 Å². The molecule has 0 aromatic heterocycles. The lowest BCUT2D eigenvalue weighted by molar-refractivity contribution is -0.120. The topological polar surface area (TPSA) is 83.5 Å². The van der Waals surface area contributed by atoms with Crippen molar-refractivity contribution in [2.24, 2.45) is 0 Å². The van der Waals surface area contributed by atoms with Crippen molar-refractivity contribution in [1.82, 2.24) is 5.32 Å². The summed E-state index contributed by atoms with van der Waals surface area (Å²) in [6.07, 6.45) is 0.456. The average molecular weight is 315 g/mol. The number of phenolic OH excluding ortho intramolecular Hbond substituents is 1. The van der Waals surface area contributed by atoms with E-state index in [1.165, 1.54) is 11.8 Å². The van der Waals surface area contributed by atoms with Gasteiger partial charge in [0.05, 0.1) is 22.8 Å². The summed E-state index contributed by atoms with van der Waals surface area (Å²) in [5.41, 5.74) is -0.657. The lowest BCUT2D eigenvalue weighted by atomic mass is 10.0. The Morgan fingerprint density at radius 2 is 2.25 bits per heavy atom. The molecule has 1 atom stereocenters. The summed E-state index contributed by atoms with van der Waals surface area (Å²) in [7, 11) is -3.03. The molecule has 1 amide bonds. The number of sulfone groups is 1. The van der Waals surface area contributed by atoms with Crippen LogP contribution in [-0.4, -0.2) is 42.2 Å². The molecule has 110 valence electrons. The van der Waals surface area contributed by atoms with Gasteiger partial charge < -0.3 is 10.4 Å². The van der Waals surface area contributed by atoms with Gasteiger partial charge in [-0.15, -0.1) is 11.8 Å². The maximum atomic E-state index is 11.9. The van der Waals surface area contributed by atoms with Gasteiger partial charge >= 0.3 is 0 Å². The van der Waals surface area contributed by atoms with Crippen LogP contribution < -0.4 is 5.32 Å². The van der Waals surface area contributed by atoms with Crippen molar-refractivity contribution in [3.8, 4) is 5.75 Å².